The van der Waals surface area contributed by atoms with Crippen LogP contribution in [0.3, 0.4) is 0 Å². The molecule has 0 amide bonds. The summed E-state index contributed by atoms with van der Waals surface area (Å²) in [6, 6.07) is 1.94. The molecule has 0 unspecified atom stereocenters. The number of aromatic nitrogens is 4. The van der Waals surface area contributed by atoms with Crippen LogP contribution in [0.1, 0.15) is 31.0 Å². The molecule has 2 aromatic heterocycles. The van der Waals surface area contributed by atoms with Crippen molar-refractivity contribution in [3.05, 3.63) is 23.5 Å². The first kappa shape index (κ1) is 11.2. The van der Waals surface area contributed by atoms with Gasteiger partial charge in [0.2, 0.25) is 0 Å². The normalized spacial score (nSPS) is 14.5. The highest BCUT2D eigenvalue weighted by molar-refractivity contribution is 5.55. The summed E-state index contributed by atoms with van der Waals surface area (Å²) in [5.41, 5.74) is 9.27. The van der Waals surface area contributed by atoms with E-state index in [0.29, 0.717) is 11.6 Å². The van der Waals surface area contributed by atoms with Crippen molar-refractivity contribution in [2.24, 2.45) is 0 Å². The Kier molecular flexibility index (Phi) is 2.74. The van der Waals surface area contributed by atoms with Gasteiger partial charge in [-0.2, -0.15) is 5.10 Å². The highest BCUT2D eigenvalue weighted by Crippen LogP contribution is 2.26. The predicted molar refractivity (Wildman–Crippen MR) is 70.0 cm³/mol. The van der Waals surface area contributed by atoms with Crippen molar-refractivity contribution in [2.45, 2.75) is 39.2 Å². The maximum Gasteiger partial charge on any atom is 0.180 e. The van der Waals surface area contributed by atoms with Gasteiger partial charge in [0.25, 0.3) is 0 Å². The first-order valence-electron chi connectivity index (χ1n) is 6.47. The van der Waals surface area contributed by atoms with Crippen LogP contribution in [0.5, 0.6) is 0 Å². The number of hydrogen-bond acceptors (Lipinski definition) is 4. The average molecular weight is 243 g/mol. The summed E-state index contributed by atoms with van der Waals surface area (Å²) in [6.07, 6.45) is 6.17. The van der Waals surface area contributed by atoms with Gasteiger partial charge in [-0.05, 0) is 38.7 Å². The second-order valence-corrected chi connectivity index (χ2v) is 4.60. The zero-order valence-electron chi connectivity index (χ0n) is 10.6. The standard InChI is InChI=1S/C13H17N5/c1-2-18-11(7-8-15-18)13-16-10-6-4-3-5-9(10)12(14)17-13/h7-8H,2-6H2,1H3,(H2,14,16,17). The third kappa shape index (κ3) is 1.75. The first-order chi connectivity index (χ1) is 8.79. The van der Waals surface area contributed by atoms with E-state index in [4.69, 9.17) is 5.73 Å². The molecule has 0 atom stereocenters. The van der Waals surface area contributed by atoms with Gasteiger partial charge in [-0.1, -0.05) is 0 Å². The van der Waals surface area contributed by atoms with Crippen molar-refractivity contribution in [3.8, 4) is 11.5 Å². The van der Waals surface area contributed by atoms with E-state index in [1.165, 1.54) is 12.8 Å². The second kappa shape index (κ2) is 4.40. The molecular formula is C13H17N5. The average Bonchev–Trinajstić information content (AvgIpc) is 2.87. The van der Waals surface area contributed by atoms with Gasteiger partial charge in [0.15, 0.2) is 5.82 Å². The molecule has 0 spiro atoms. The molecule has 2 heterocycles. The Bertz CT molecular complexity index is 573. The second-order valence-electron chi connectivity index (χ2n) is 4.60. The van der Waals surface area contributed by atoms with Crippen molar-refractivity contribution in [3.63, 3.8) is 0 Å². The van der Waals surface area contributed by atoms with E-state index in [1.54, 1.807) is 6.20 Å². The number of fused-ring (bicyclic) bond motifs is 1. The predicted octanol–water partition coefficient (Wildman–Crippen LogP) is 1.82. The molecule has 18 heavy (non-hydrogen) atoms. The van der Waals surface area contributed by atoms with E-state index in [-0.39, 0.29) is 0 Å². The van der Waals surface area contributed by atoms with Crippen LogP contribution in [0.4, 0.5) is 5.82 Å². The molecule has 2 aromatic rings. The molecule has 0 fully saturated rings. The smallest absolute Gasteiger partial charge is 0.180 e. The molecule has 0 bridgehead atoms. The van der Waals surface area contributed by atoms with Crippen LogP contribution in [0, 0.1) is 0 Å². The number of anilines is 1. The van der Waals surface area contributed by atoms with E-state index < -0.39 is 0 Å². The summed E-state index contributed by atoms with van der Waals surface area (Å²) in [5, 5.41) is 4.25. The quantitative estimate of drug-likeness (QED) is 0.873. The largest absolute Gasteiger partial charge is 0.383 e. The van der Waals surface area contributed by atoms with Crippen molar-refractivity contribution < 1.29 is 0 Å². The fourth-order valence-electron chi connectivity index (χ4n) is 2.51. The van der Waals surface area contributed by atoms with Gasteiger partial charge in [-0.15, -0.1) is 0 Å². The summed E-state index contributed by atoms with van der Waals surface area (Å²) < 4.78 is 1.89. The third-order valence-corrected chi connectivity index (χ3v) is 3.46. The Morgan fingerprint density at radius 1 is 1.28 bits per heavy atom. The van der Waals surface area contributed by atoms with Gasteiger partial charge in [0.05, 0.1) is 0 Å². The van der Waals surface area contributed by atoms with Gasteiger partial charge in [0.1, 0.15) is 11.5 Å². The van der Waals surface area contributed by atoms with Gasteiger partial charge >= 0.3 is 0 Å². The zero-order chi connectivity index (χ0) is 12.5. The molecule has 0 saturated carbocycles. The van der Waals surface area contributed by atoms with Crippen molar-refractivity contribution >= 4 is 5.82 Å². The van der Waals surface area contributed by atoms with Gasteiger partial charge in [0, 0.05) is 24.0 Å². The Morgan fingerprint density at radius 2 is 2.11 bits per heavy atom. The third-order valence-electron chi connectivity index (χ3n) is 3.46. The molecular weight excluding hydrogens is 226 g/mol. The number of rotatable bonds is 2. The molecule has 1 aliphatic rings. The van der Waals surface area contributed by atoms with Crippen LogP contribution in [-0.2, 0) is 19.4 Å². The highest BCUT2D eigenvalue weighted by Gasteiger charge is 2.18. The lowest BCUT2D eigenvalue weighted by molar-refractivity contribution is 0.652. The topological polar surface area (TPSA) is 69.6 Å². The lowest BCUT2D eigenvalue weighted by atomic mass is 9.96. The van der Waals surface area contributed by atoms with Crippen LogP contribution in [-0.4, -0.2) is 19.7 Å². The Morgan fingerprint density at radius 3 is 2.94 bits per heavy atom. The molecule has 1 aliphatic carbocycles. The van der Waals surface area contributed by atoms with Crippen LogP contribution in [0.2, 0.25) is 0 Å². The number of nitrogen functional groups attached to an aromatic ring is 1. The summed E-state index contributed by atoms with van der Waals surface area (Å²) >= 11 is 0. The summed E-state index contributed by atoms with van der Waals surface area (Å²) in [6.45, 7) is 2.86. The van der Waals surface area contributed by atoms with E-state index in [9.17, 15) is 0 Å². The lowest BCUT2D eigenvalue weighted by Crippen LogP contribution is -2.13. The molecule has 3 rings (SSSR count). The first-order valence-corrected chi connectivity index (χ1v) is 6.47. The molecule has 94 valence electrons. The number of nitrogens with zero attached hydrogens (tertiary/aromatic N) is 4. The maximum atomic E-state index is 6.06. The zero-order valence-corrected chi connectivity index (χ0v) is 10.6. The number of hydrogen-bond donors (Lipinski definition) is 1. The molecule has 0 saturated heterocycles. The Hall–Kier alpha value is -1.91. The minimum absolute atomic E-state index is 0.638. The van der Waals surface area contributed by atoms with Crippen molar-refractivity contribution in [1.29, 1.82) is 0 Å². The van der Waals surface area contributed by atoms with Crippen LogP contribution in [0.15, 0.2) is 12.3 Å². The molecule has 5 nitrogen and oxygen atoms in total. The molecule has 5 heteroatoms. The fraction of sp³-hybridized carbons (Fsp3) is 0.462. The SMILES string of the molecule is CCn1nccc1-c1nc(N)c2c(n1)CCCC2. The van der Waals surface area contributed by atoms with E-state index >= 15 is 0 Å². The van der Waals surface area contributed by atoms with E-state index in [2.05, 4.69) is 22.0 Å². The van der Waals surface area contributed by atoms with Crippen molar-refractivity contribution in [1.82, 2.24) is 19.7 Å². The number of nitrogens with two attached hydrogens (primary N) is 1. The van der Waals surface area contributed by atoms with Gasteiger partial charge in [-0.3, -0.25) is 4.68 Å². The van der Waals surface area contributed by atoms with Crippen molar-refractivity contribution in [2.75, 3.05) is 5.73 Å². The molecule has 0 radical (unpaired) electrons. The molecule has 2 N–H and O–H groups in total. The highest BCUT2D eigenvalue weighted by atomic mass is 15.3. The van der Waals surface area contributed by atoms with Gasteiger partial charge in [-0.25, -0.2) is 9.97 Å². The molecule has 0 aromatic carbocycles. The van der Waals surface area contributed by atoms with Gasteiger partial charge < -0.3 is 5.73 Å². The Balaban J connectivity index is 2.11. The van der Waals surface area contributed by atoms with Crippen LogP contribution < -0.4 is 5.73 Å². The minimum atomic E-state index is 0.638. The summed E-state index contributed by atoms with van der Waals surface area (Å²) in [5.74, 6) is 1.34. The Labute approximate surface area is 106 Å². The summed E-state index contributed by atoms with van der Waals surface area (Å²) in [4.78, 5) is 9.12. The summed E-state index contributed by atoms with van der Waals surface area (Å²) in [7, 11) is 0. The van der Waals surface area contributed by atoms with E-state index in [1.807, 2.05) is 10.7 Å². The van der Waals surface area contributed by atoms with Crippen LogP contribution >= 0.6 is 0 Å². The minimum Gasteiger partial charge on any atom is -0.383 e. The van der Waals surface area contributed by atoms with Crippen LogP contribution in [0.25, 0.3) is 11.5 Å². The monoisotopic (exact) mass is 243 g/mol. The maximum absolute atomic E-state index is 6.06. The molecule has 0 aliphatic heterocycles. The fourth-order valence-corrected chi connectivity index (χ4v) is 2.51. The number of aryl methyl sites for hydroxylation is 2. The van der Waals surface area contributed by atoms with E-state index in [0.717, 1.165) is 36.3 Å². The lowest BCUT2D eigenvalue weighted by Gasteiger charge is -2.17.